The first-order valence-corrected chi connectivity index (χ1v) is 6.13. The van der Waals surface area contributed by atoms with Crippen LogP contribution in [0.1, 0.15) is 12.2 Å². The quantitative estimate of drug-likeness (QED) is 0.868. The Morgan fingerprint density at radius 2 is 2.19 bits per heavy atom. The zero-order chi connectivity index (χ0) is 11.0. The number of rotatable bonds is 1. The monoisotopic (exact) mass is 278 g/mol. The number of aromatic nitrogens is 1. The summed E-state index contributed by atoms with van der Waals surface area (Å²) in [6.45, 7) is 0.992. The van der Waals surface area contributed by atoms with Crippen LogP contribution in [0.4, 0.5) is 5.69 Å². The summed E-state index contributed by atoms with van der Waals surface area (Å²) < 4.78 is 6.40. The Morgan fingerprint density at radius 3 is 3.06 bits per heavy atom. The highest BCUT2D eigenvalue weighted by molar-refractivity contribution is 9.10. The average molecular weight is 279 g/mol. The van der Waals surface area contributed by atoms with Gasteiger partial charge in [-0.05, 0) is 12.5 Å². The lowest BCUT2D eigenvalue weighted by molar-refractivity contribution is 0.382. The fourth-order valence-corrected chi connectivity index (χ4v) is 2.45. The Balaban J connectivity index is 2.13. The molecular formula is C12H11BrN2O. The van der Waals surface area contributed by atoms with E-state index < -0.39 is 0 Å². The van der Waals surface area contributed by atoms with E-state index in [1.165, 1.54) is 0 Å². The average Bonchev–Trinajstić information content (AvgIpc) is 2.74. The summed E-state index contributed by atoms with van der Waals surface area (Å²) in [5.41, 5.74) is 3.03. The molecule has 0 amide bonds. The van der Waals surface area contributed by atoms with Crippen molar-refractivity contribution in [3.63, 3.8) is 0 Å². The normalized spacial score (nSPS) is 14.3. The Kier molecular flexibility index (Phi) is 2.44. The molecule has 0 spiro atoms. The lowest BCUT2D eigenvalue weighted by Crippen LogP contribution is -2.10. The first-order valence-electron chi connectivity index (χ1n) is 5.33. The Labute approximate surface area is 102 Å². The van der Waals surface area contributed by atoms with Crippen LogP contribution in [-0.4, -0.2) is 11.7 Å². The van der Waals surface area contributed by atoms with Crippen LogP contribution in [-0.2, 0) is 6.42 Å². The van der Waals surface area contributed by atoms with Gasteiger partial charge in [-0.25, -0.2) is 0 Å². The second-order valence-corrected chi connectivity index (χ2v) is 4.69. The summed E-state index contributed by atoms with van der Waals surface area (Å²) in [6, 6.07) is 8.05. The van der Waals surface area contributed by atoms with Gasteiger partial charge in [0.1, 0.15) is 11.4 Å². The van der Waals surface area contributed by atoms with Crippen LogP contribution < -0.4 is 5.32 Å². The minimum absolute atomic E-state index is 0.905. The first-order chi connectivity index (χ1) is 7.86. The first kappa shape index (κ1) is 9.90. The molecule has 1 aliphatic heterocycles. The Hall–Kier alpha value is -1.29. The minimum atomic E-state index is 0.905. The third kappa shape index (κ3) is 1.53. The van der Waals surface area contributed by atoms with Gasteiger partial charge in [0.15, 0.2) is 5.76 Å². The zero-order valence-corrected chi connectivity index (χ0v) is 10.3. The van der Waals surface area contributed by atoms with Crippen LogP contribution in [0.5, 0.6) is 0 Å². The van der Waals surface area contributed by atoms with Crippen molar-refractivity contribution in [1.82, 2.24) is 5.16 Å². The van der Waals surface area contributed by atoms with Crippen molar-refractivity contribution in [3.8, 4) is 11.3 Å². The molecule has 2 aromatic rings. The van der Waals surface area contributed by atoms with Crippen molar-refractivity contribution in [2.75, 3.05) is 11.9 Å². The zero-order valence-electron chi connectivity index (χ0n) is 8.66. The summed E-state index contributed by atoms with van der Waals surface area (Å²) in [6.07, 6.45) is 2.08. The van der Waals surface area contributed by atoms with E-state index >= 15 is 0 Å². The number of halogens is 1. The highest BCUT2D eigenvalue weighted by Crippen LogP contribution is 2.36. The lowest BCUT2D eigenvalue weighted by atomic mass is 10.1. The molecule has 1 aliphatic rings. The van der Waals surface area contributed by atoms with Crippen molar-refractivity contribution in [3.05, 3.63) is 34.5 Å². The maximum absolute atomic E-state index is 5.36. The number of hydrogen-bond acceptors (Lipinski definition) is 3. The standard InChI is InChI=1S/C12H11BrN2O/c13-9-5-2-1-4-8(9)11-12-10(16-15-11)6-3-7-14-12/h1-2,4-5,14H,3,6-7H2. The molecule has 82 valence electrons. The molecule has 1 aromatic carbocycles. The molecular weight excluding hydrogens is 268 g/mol. The van der Waals surface area contributed by atoms with Crippen molar-refractivity contribution in [1.29, 1.82) is 0 Å². The third-order valence-electron chi connectivity index (χ3n) is 2.77. The topological polar surface area (TPSA) is 38.1 Å². The maximum Gasteiger partial charge on any atom is 0.160 e. The number of fused-ring (bicyclic) bond motifs is 1. The summed E-state index contributed by atoms with van der Waals surface area (Å²) in [5, 5.41) is 7.52. The number of hydrogen-bond donors (Lipinski definition) is 1. The van der Waals surface area contributed by atoms with Gasteiger partial charge in [-0.2, -0.15) is 0 Å². The molecule has 0 atom stereocenters. The molecule has 1 aromatic heterocycles. The van der Waals surface area contributed by atoms with E-state index in [1.807, 2.05) is 24.3 Å². The molecule has 0 radical (unpaired) electrons. The highest BCUT2D eigenvalue weighted by Gasteiger charge is 2.21. The largest absolute Gasteiger partial charge is 0.380 e. The van der Waals surface area contributed by atoms with Crippen LogP contribution in [0.2, 0.25) is 0 Å². The summed E-state index contributed by atoms with van der Waals surface area (Å²) in [7, 11) is 0. The number of nitrogens with zero attached hydrogens (tertiary/aromatic N) is 1. The number of nitrogens with one attached hydrogen (secondary N) is 1. The van der Waals surface area contributed by atoms with E-state index in [0.29, 0.717) is 0 Å². The van der Waals surface area contributed by atoms with Gasteiger partial charge >= 0.3 is 0 Å². The van der Waals surface area contributed by atoms with E-state index in [4.69, 9.17) is 4.52 Å². The molecule has 2 heterocycles. The van der Waals surface area contributed by atoms with Crippen molar-refractivity contribution in [2.45, 2.75) is 12.8 Å². The van der Waals surface area contributed by atoms with Crippen molar-refractivity contribution < 1.29 is 4.52 Å². The lowest BCUT2D eigenvalue weighted by Gasteiger charge is -2.12. The fourth-order valence-electron chi connectivity index (χ4n) is 1.98. The summed E-state index contributed by atoms with van der Waals surface area (Å²) in [5.74, 6) is 0.969. The molecule has 3 nitrogen and oxygen atoms in total. The van der Waals surface area contributed by atoms with Gasteiger partial charge < -0.3 is 9.84 Å². The Bertz CT molecular complexity index is 521. The molecule has 0 saturated heterocycles. The minimum Gasteiger partial charge on any atom is -0.380 e. The van der Waals surface area contributed by atoms with Gasteiger partial charge in [-0.15, -0.1) is 0 Å². The molecule has 3 rings (SSSR count). The summed E-state index contributed by atoms with van der Waals surface area (Å²) in [4.78, 5) is 0. The molecule has 0 unspecified atom stereocenters. The van der Waals surface area contributed by atoms with Gasteiger partial charge in [0.2, 0.25) is 0 Å². The Morgan fingerprint density at radius 1 is 1.31 bits per heavy atom. The molecule has 0 fully saturated rings. The molecule has 0 aliphatic carbocycles. The van der Waals surface area contributed by atoms with Crippen molar-refractivity contribution in [2.24, 2.45) is 0 Å². The number of benzene rings is 1. The number of anilines is 1. The SMILES string of the molecule is Brc1ccccc1-c1noc2c1NCCC2. The van der Waals surface area contributed by atoms with E-state index in [0.717, 1.165) is 46.6 Å². The third-order valence-corrected chi connectivity index (χ3v) is 3.47. The van der Waals surface area contributed by atoms with Gasteiger partial charge in [-0.3, -0.25) is 0 Å². The molecule has 16 heavy (non-hydrogen) atoms. The molecule has 0 bridgehead atoms. The number of aryl methyl sites for hydroxylation is 1. The molecule has 1 N–H and O–H groups in total. The smallest absolute Gasteiger partial charge is 0.160 e. The van der Waals surface area contributed by atoms with Crippen molar-refractivity contribution >= 4 is 21.6 Å². The second kappa shape index (κ2) is 3.94. The predicted octanol–water partition coefficient (Wildman–Crippen LogP) is 3.46. The van der Waals surface area contributed by atoms with E-state index in [-0.39, 0.29) is 0 Å². The van der Waals surface area contributed by atoms with Gasteiger partial charge in [0, 0.05) is 23.0 Å². The van der Waals surface area contributed by atoms with E-state index in [9.17, 15) is 0 Å². The van der Waals surface area contributed by atoms with Crippen LogP contribution in [0.25, 0.3) is 11.3 Å². The van der Waals surface area contributed by atoms with E-state index in [1.54, 1.807) is 0 Å². The van der Waals surface area contributed by atoms with Crippen LogP contribution in [0.15, 0.2) is 33.3 Å². The van der Waals surface area contributed by atoms with Crippen LogP contribution >= 0.6 is 15.9 Å². The molecule has 4 heteroatoms. The predicted molar refractivity (Wildman–Crippen MR) is 66.4 cm³/mol. The van der Waals surface area contributed by atoms with Gasteiger partial charge in [0.25, 0.3) is 0 Å². The van der Waals surface area contributed by atoms with Gasteiger partial charge in [0.05, 0.1) is 0 Å². The van der Waals surface area contributed by atoms with E-state index in [2.05, 4.69) is 26.4 Å². The van der Waals surface area contributed by atoms with Crippen LogP contribution in [0, 0.1) is 0 Å². The maximum atomic E-state index is 5.36. The van der Waals surface area contributed by atoms with Gasteiger partial charge in [-0.1, -0.05) is 39.3 Å². The molecule has 0 saturated carbocycles. The van der Waals surface area contributed by atoms with Crippen LogP contribution in [0.3, 0.4) is 0 Å². The fraction of sp³-hybridized carbons (Fsp3) is 0.250. The highest BCUT2D eigenvalue weighted by atomic mass is 79.9. The second-order valence-electron chi connectivity index (χ2n) is 3.84. The summed E-state index contributed by atoms with van der Waals surface area (Å²) >= 11 is 3.54.